The summed E-state index contributed by atoms with van der Waals surface area (Å²) >= 11 is 8.03. The predicted octanol–water partition coefficient (Wildman–Crippen LogP) is 3.30. The molecule has 0 radical (unpaired) electrons. The number of benzene rings is 1. The molecule has 1 amide bonds. The molecule has 1 aliphatic rings. The molecule has 0 unspecified atom stereocenters. The molecule has 1 heterocycles. The predicted molar refractivity (Wildman–Crippen MR) is 86.1 cm³/mol. The topological polar surface area (TPSA) is 32.3 Å². The Labute approximate surface area is 130 Å². The lowest BCUT2D eigenvalue weighted by atomic mass is 10.2. The van der Waals surface area contributed by atoms with Crippen molar-refractivity contribution in [3.05, 3.63) is 34.9 Å². The second-order valence-electron chi connectivity index (χ2n) is 4.90. The van der Waals surface area contributed by atoms with Gasteiger partial charge < -0.3 is 10.2 Å². The highest BCUT2D eigenvalue weighted by Gasteiger charge is 2.40. The van der Waals surface area contributed by atoms with Crippen LogP contribution >= 0.6 is 23.4 Å². The highest BCUT2D eigenvalue weighted by molar-refractivity contribution is 8.01. The van der Waals surface area contributed by atoms with Gasteiger partial charge in [-0.2, -0.15) is 0 Å². The number of carbonyl (C=O) groups is 1. The second-order valence-corrected chi connectivity index (χ2v) is 6.59. The molecule has 0 bridgehead atoms. The molecule has 0 spiro atoms. The minimum absolute atomic E-state index is 0.0537. The molecule has 0 aromatic heterocycles. The number of carbonyl (C=O) groups excluding carboxylic acids is 1. The first-order valence-electron chi connectivity index (χ1n) is 7.04. The van der Waals surface area contributed by atoms with E-state index in [9.17, 15) is 4.79 Å². The molecular formula is C15H21ClN2OS. The van der Waals surface area contributed by atoms with Gasteiger partial charge in [0.25, 0.3) is 0 Å². The lowest BCUT2D eigenvalue weighted by molar-refractivity contribution is -0.130. The molecule has 1 aliphatic heterocycles. The lowest BCUT2D eigenvalue weighted by Crippen LogP contribution is -2.33. The fraction of sp³-hybridized carbons (Fsp3) is 0.533. The molecule has 1 aromatic rings. The number of halogens is 1. The van der Waals surface area contributed by atoms with Gasteiger partial charge in [0.05, 0.1) is 5.25 Å². The number of nitrogens with one attached hydrogen (secondary N) is 1. The normalized spacial score (nSPS) is 22.6. The van der Waals surface area contributed by atoms with Crippen molar-refractivity contribution >= 4 is 29.3 Å². The van der Waals surface area contributed by atoms with E-state index in [1.54, 1.807) is 11.8 Å². The fourth-order valence-corrected chi connectivity index (χ4v) is 4.20. The SMILES string of the molecule is CC[C@@H]1S[C@H](c2ccccc2Cl)N(CCCNC)C1=O. The Morgan fingerprint density at radius 1 is 1.40 bits per heavy atom. The smallest absolute Gasteiger partial charge is 0.236 e. The zero-order valence-corrected chi connectivity index (χ0v) is 13.5. The van der Waals surface area contributed by atoms with Crippen molar-refractivity contribution < 1.29 is 4.79 Å². The molecular weight excluding hydrogens is 292 g/mol. The molecule has 1 saturated heterocycles. The Balaban J connectivity index is 2.20. The molecule has 3 nitrogen and oxygen atoms in total. The van der Waals surface area contributed by atoms with Crippen LogP contribution in [-0.4, -0.2) is 36.2 Å². The van der Waals surface area contributed by atoms with E-state index in [0.29, 0.717) is 0 Å². The van der Waals surface area contributed by atoms with E-state index in [4.69, 9.17) is 11.6 Å². The summed E-state index contributed by atoms with van der Waals surface area (Å²) in [5.41, 5.74) is 1.05. The van der Waals surface area contributed by atoms with Crippen LogP contribution in [0.2, 0.25) is 5.02 Å². The number of thioether (sulfide) groups is 1. The Morgan fingerprint density at radius 2 is 2.15 bits per heavy atom. The third-order valence-electron chi connectivity index (χ3n) is 3.50. The quantitative estimate of drug-likeness (QED) is 0.818. The zero-order valence-electron chi connectivity index (χ0n) is 11.9. The van der Waals surface area contributed by atoms with Crippen molar-refractivity contribution in [1.82, 2.24) is 10.2 Å². The van der Waals surface area contributed by atoms with Gasteiger partial charge in [-0.1, -0.05) is 36.7 Å². The first-order valence-corrected chi connectivity index (χ1v) is 8.36. The molecule has 2 atom stereocenters. The van der Waals surface area contributed by atoms with E-state index >= 15 is 0 Å². The Hall–Kier alpha value is -0.710. The van der Waals surface area contributed by atoms with E-state index in [1.807, 2.05) is 36.2 Å². The van der Waals surface area contributed by atoms with Crippen molar-refractivity contribution in [3.63, 3.8) is 0 Å². The number of hydrogen-bond donors (Lipinski definition) is 1. The van der Waals surface area contributed by atoms with Crippen LogP contribution in [0.1, 0.15) is 30.7 Å². The highest BCUT2D eigenvalue weighted by atomic mass is 35.5. The monoisotopic (exact) mass is 312 g/mol. The first-order chi connectivity index (χ1) is 9.69. The third-order valence-corrected chi connectivity index (χ3v) is 5.48. The Morgan fingerprint density at radius 3 is 2.80 bits per heavy atom. The summed E-state index contributed by atoms with van der Waals surface area (Å²) in [4.78, 5) is 14.5. The fourth-order valence-electron chi connectivity index (χ4n) is 2.43. The number of nitrogens with zero attached hydrogens (tertiary/aromatic N) is 1. The molecule has 110 valence electrons. The summed E-state index contributed by atoms with van der Waals surface area (Å²) in [6, 6.07) is 7.83. The average Bonchev–Trinajstić information content (AvgIpc) is 2.77. The van der Waals surface area contributed by atoms with Gasteiger partial charge in [0.15, 0.2) is 0 Å². The maximum atomic E-state index is 12.5. The third kappa shape index (κ3) is 3.30. The summed E-state index contributed by atoms with van der Waals surface area (Å²) < 4.78 is 0. The summed E-state index contributed by atoms with van der Waals surface area (Å²) in [7, 11) is 1.93. The Kier molecular flexibility index (Phi) is 5.75. The molecule has 5 heteroatoms. The first kappa shape index (κ1) is 15.7. The van der Waals surface area contributed by atoms with Crippen LogP contribution in [0.5, 0.6) is 0 Å². The van der Waals surface area contributed by atoms with Crippen LogP contribution < -0.4 is 5.32 Å². The minimum Gasteiger partial charge on any atom is -0.325 e. The molecule has 1 N–H and O–H groups in total. The molecule has 20 heavy (non-hydrogen) atoms. The van der Waals surface area contributed by atoms with Crippen LogP contribution in [0.15, 0.2) is 24.3 Å². The lowest BCUT2D eigenvalue weighted by Gasteiger charge is -2.24. The standard InChI is InChI=1S/C15H21ClN2OS/c1-3-13-14(19)18(10-6-9-17-2)15(20-13)11-7-4-5-8-12(11)16/h4-5,7-8,13,15,17H,3,6,9-10H2,1-2H3/t13-,15+/m0/s1. The molecule has 1 aromatic carbocycles. The summed E-state index contributed by atoms with van der Waals surface area (Å²) in [6.45, 7) is 3.76. The summed E-state index contributed by atoms with van der Waals surface area (Å²) in [5, 5.41) is 3.99. The van der Waals surface area contributed by atoms with Gasteiger partial charge in [-0.3, -0.25) is 4.79 Å². The van der Waals surface area contributed by atoms with E-state index in [-0.39, 0.29) is 16.5 Å². The average molecular weight is 313 g/mol. The van der Waals surface area contributed by atoms with Gasteiger partial charge in [-0.05, 0) is 32.5 Å². The van der Waals surface area contributed by atoms with Crippen LogP contribution in [-0.2, 0) is 4.79 Å². The van der Waals surface area contributed by atoms with Gasteiger partial charge in [-0.25, -0.2) is 0 Å². The zero-order chi connectivity index (χ0) is 14.5. The number of amides is 1. The maximum Gasteiger partial charge on any atom is 0.236 e. The van der Waals surface area contributed by atoms with Gasteiger partial charge in [-0.15, -0.1) is 11.8 Å². The second kappa shape index (κ2) is 7.34. The van der Waals surface area contributed by atoms with Crippen molar-refractivity contribution in [1.29, 1.82) is 0 Å². The highest BCUT2D eigenvalue weighted by Crippen LogP contribution is 2.45. The van der Waals surface area contributed by atoms with E-state index in [1.165, 1.54) is 0 Å². The minimum atomic E-state index is 0.0537. The van der Waals surface area contributed by atoms with Gasteiger partial charge >= 0.3 is 0 Å². The number of rotatable bonds is 6. The van der Waals surface area contributed by atoms with Gasteiger partial charge in [0.1, 0.15) is 5.37 Å². The maximum absolute atomic E-state index is 12.5. The molecule has 1 fully saturated rings. The van der Waals surface area contributed by atoms with Crippen LogP contribution in [0, 0.1) is 0 Å². The van der Waals surface area contributed by atoms with Crippen LogP contribution in [0.25, 0.3) is 0 Å². The van der Waals surface area contributed by atoms with Crippen LogP contribution in [0.3, 0.4) is 0 Å². The molecule has 0 aliphatic carbocycles. The summed E-state index contributed by atoms with van der Waals surface area (Å²) in [5.74, 6) is 0.249. The van der Waals surface area contributed by atoms with Crippen LogP contribution in [0.4, 0.5) is 0 Å². The van der Waals surface area contributed by atoms with Crippen molar-refractivity contribution in [3.8, 4) is 0 Å². The van der Waals surface area contributed by atoms with Gasteiger partial charge in [0, 0.05) is 17.1 Å². The number of hydrogen-bond acceptors (Lipinski definition) is 3. The van der Waals surface area contributed by atoms with E-state index in [0.717, 1.165) is 36.5 Å². The summed E-state index contributed by atoms with van der Waals surface area (Å²) in [6.07, 6.45) is 1.83. The van der Waals surface area contributed by atoms with Crippen molar-refractivity contribution in [2.24, 2.45) is 0 Å². The molecule has 2 rings (SSSR count). The van der Waals surface area contributed by atoms with Crippen molar-refractivity contribution in [2.45, 2.75) is 30.4 Å². The Bertz CT molecular complexity index is 469. The van der Waals surface area contributed by atoms with E-state index < -0.39 is 0 Å². The van der Waals surface area contributed by atoms with Gasteiger partial charge in [0.2, 0.25) is 5.91 Å². The largest absolute Gasteiger partial charge is 0.325 e. The van der Waals surface area contributed by atoms with E-state index in [2.05, 4.69) is 12.2 Å². The van der Waals surface area contributed by atoms with Crippen molar-refractivity contribution in [2.75, 3.05) is 20.1 Å². The molecule has 0 saturated carbocycles.